The third-order valence-electron chi connectivity index (χ3n) is 4.54. The molecule has 0 aliphatic carbocycles. The number of thiocarbonyl (C=S) groups is 1. The predicted molar refractivity (Wildman–Crippen MR) is 141 cm³/mol. The van der Waals surface area contributed by atoms with Crippen LogP contribution in [0.15, 0.2) is 65.0 Å². The standard InChI is InChI=1S/C22H15N5O3S4/c28-18(25-20-23-9-10-32-20)12-30-15-7-3-1-5-13(15)11-17-19(29)27(22(31)34-17)26-21-24-14-6-2-4-8-16(14)33-21/h1-11H,12H2,(H,24,26)(H,23,25,28). The van der Waals surface area contributed by atoms with E-state index in [1.165, 1.54) is 39.4 Å². The summed E-state index contributed by atoms with van der Waals surface area (Å²) in [6, 6.07) is 14.9. The van der Waals surface area contributed by atoms with E-state index in [0.717, 1.165) is 10.2 Å². The molecule has 8 nitrogen and oxygen atoms in total. The number of thiazole rings is 2. The minimum atomic E-state index is -0.323. The first-order valence-electron chi connectivity index (χ1n) is 9.88. The molecule has 2 aromatic heterocycles. The number of benzene rings is 2. The van der Waals surface area contributed by atoms with Gasteiger partial charge in [-0.2, -0.15) is 5.01 Å². The molecule has 2 N–H and O–H groups in total. The summed E-state index contributed by atoms with van der Waals surface area (Å²) in [5.41, 5.74) is 4.53. The van der Waals surface area contributed by atoms with E-state index in [1.807, 2.05) is 36.4 Å². The van der Waals surface area contributed by atoms with Crippen LogP contribution in [0.5, 0.6) is 5.75 Å². The van der Waals surface area contributed by atoms with Crippen LogP contribution in [0, 0.1) is 0 Å². The number of hydrogen-bond donors (Lipinski definition) is 2. The van der Waals surface area contributed by atoms with E-state index in [0.29, 0.717) is 30.8 Å². The SMILES string of the molecule is O=C(COc1ccccc1C=C1SC(=S)N(Nc2nc3ccccc3s2)C1=O)Nc1nccs1. The average Bonchev–Trinajstić information content (AvgIpc) is 3.55. The van der Waals surface area contributed by atoms with Gasteiger partial charge in [-0.25, -0.2) is 9.97 Å². The highest BCUT2D eigenvalue weighted by Gasteiger charge is 2.33. The lowest BCUT2D eigenvalue weighted by Crippen LogP contribution is -2.33. The van der Waals surface area contributed by atoms with Crippen LogP contribution in [-0.2, 0) is 9.59 Å². The van der Waals surface area contributed by atoms with E-state index in [4.69, 9.17) is 17.0 Å². The molecular formula is C22H15N5O3S4. The second kappa shape index (κ2) is 9.89. The summed E-state index contributed by atoms with van der Waals surface area (Å²) in [7, 11) is 0. The number of anilines is 2. The Labute approximate surface area is 211 Å². The molecule has 4 aromatic rings. The molecular weight excluding hydrogens is 511 g/mol. The molecule has 12 heteroatoms. The molecule has 1 saturated heterocycles. The van der Waals surface area contributed by atoms with Gasteiger partial charge in [-0.1, -0.05) is 53.4 Å². The van der Waals surface area contributed by atoms with Crippen LogP contribution in [0.4, 0.5) is 10.3 Å². The summed E-state index contributed by atoms with van der Waals surface area (Å²) >= 11 is 9.36. The lowest BCUT2D eigenvalue weighted by Gasteiger charge is -2.14. The Morgan fingerprint density at radius 3 is 2.79 bits per heavy atom. The van der Waals surface area contributed by atoms with Crippen LogP contribution in [0.2, 0.25) is 0 Å². The van der Waals surface area contributed by atoms with Gasteiger partial charge in [-0.3, -0.25) is 20.3 Å². The van der Waals surface area contributed by atoms with Crippen molar-refractivity contribution in [3.63, 3.8) is 0 Å². The van der Waals surface area contributed by atoms with Crippen LogP contribution in [0.3, 0.4) is 0 Å². The Morgan fingerprint density at radius 1 is 1.15 bits per heavy atom. The summed E-state index contributed by atoms with van der Waals surface area (Å²) in [5, 5.41) is 6.84. The Hall–Kier alpha value is -3.32. The number of ether oxygens (including phenoxy) is 1. The maximum atomic E-state index is 13.0. The Balaban J connectivity index is 1.29. The topological polar surface area (TPSA) is 96.5 Å². The fourth-order valence-electron chi connectivity index (χ4n) is 3.04. The summed E-state index contributed by atoms with van der Waals surface area (Å²) in [6.45, 7) is -0.190. The summed E-state index contributed by atoms with van der Waals surface area (Å²) < 4.78 is 7.09. The number of amides is 2. The second-order valence-electron chi connectivity index (χ2n) is 6.83. The number of carbonyl (C=O) groups excluding carboxylic acids is 2. The molecule has 170 valence electrons. The number of para-hydroxylation sites is 2. The summed E-state index contributed by atoms with van der Waals surface area (Å²) in [6.07, 6.45) is 3.31. The molecule has 0 saturated carbocycles. The van der Waals surface area contributed by atoms with E-state index in [9.17, 15) is 9.59 Å². The van der Waals surface area contributed by atoms with Crippen molar-refractivity contribution in [3.8, 4) is 5.75 Å². The molecule has 2 amide bonds. The molecule has 0 spiro atoms. The van der Waals surface area contributed by atoms with Crippen LogP contribution in [-0.4, -0.2) is 37.7 Å². The van der Waals surface area contributed by atoms with Gasteiger partial charge in [0.25, 0.3) is 11.8 Å². The largest absolute Gasteiger partial charge is 0.483 e. The molecule has 2 aromatic carbocycles. The van der Waals surface area contributed by atoms with Crippen molar-refractivity contribution < 1.29 is 14.3 Å². The van der Waals surface area contributed by atoms with Crippen LogP contribution in [0.1, 0.15) is 5.56 Å². The lowest BCUT2D eigenvalue weighted by atomic mass is 10.2. The fourth-order valence-corrected chi connectivity index (χ4v) is 5.61. The Morgan fingerprint density at radius 2 is 1.97 bits per heavy atom. The Kier molecular flexibility index (Phi) is 6.54. The number of aromatic nitrogens is 2. The van der Waals surface area contributed by atoms with Crippen LogP contribution >= 0.6 is 46.7 Å². The maximum absolute atomic E-state index is 13.0. The number of nitrogens with one attached hydrogen (secondary N) is 2. The van der Waals surface area contributed by atoms with Gasteiger partial charge in [0.1, 0.15) is 5.75 Å². The van der Waals surface area contributed by atoms with E-state index in [2.05, 4.69) is 20.7 Å². The first-order valence-corrected chi connectivity index (χ1v) is 12.8. The minimum Gasteiger partial charge on any atom is -0.483 e. The van der Waals surface area contributed by atoms with Crippen molar-refractivity contribution in [1.82, 2.24) is 15.0 Å². The number of hydrogen-bond acceptors (Lipinski definition) is 10. The number of carbonyl (C=O) groups is 2. The maximum Gasteiger partial charge on any atom is 0.285 e. The van der Waals surface area contributed by atoms with E-state index >= 15 is 0 Å². The third kappa shape index (κ3) is 4.94. The van der Waals surface area contributed by atoms with E-state index in [1.54, 1.807) is 29.8 Å². The van der Waals surface area contributed by atoms with Gasteiger partial charge < -0.3 is 4.74 Å². The third-order valence-corrected chi connectivity index (χ3v) is 7.47. The van der Waals surface area contributed by atoms with Crippen molar-refractivity contribution in [2.75, 3.05) is 17.3 Å². The zero-order valence-electron chi connectivity index (χ0n) is 17.3. The summed E-state index contributed by atoms with van der Waals surface area (Å²) in [5.74, 6) is -0.136. The first kappa shape index (κ1) is 22.5. The van der Waals surface area contributed by atoms with Gasteiger partial charge in [-0.05, 0) is 36.5 Å². The second-order valence-corrected chi connectivity index (χ2v) is 10.4. The quantitative estimate of drug-likeness (QED) is 0.257. The smallest absolute Gasteiger partial charge is 0.285 e. The minimum absolute atomic E-state index is 0.190. The molecule has 5 rings (SSSR count). The normalized spacial score (nSPS) is 14.7. The number of hydrazine groups is 1. The monoisotopic (exact) mass is 525 g/mol. The highest BCUT2D eigenvalue weighted by atomic mass is 32.2. The predicted octanol–water partition coefficient (Wildman–Crippen LogP) is 5.00. The lowest BCUT2D eigenvalue weighted by molar-refractivity contribution is -0.121. The average molecular weight is 526 g/mol. The van der Waals surface area contributed by atoms with Crippen LogP contribution in [0.25, 0.3) is 16.3 Å². The molecule has 1 fully saturated rings. The Bertz CT molecular complexity index is 1380. The van der Waals surface area contributed by atoms with Gasteiger partial charge in [0, 0.05) is 17.1 Å². The van der Waals surface area contributed by atoms with Gasteiger partial charge >= 0.3 is 0 Å². The fraction of sp³-hybridized carbons (Fsp3) is 0.0455. The molecule has 3 heterocycles. The van der Waals surface area contributed by atoms with E-state index < -0.39 is 0 Å². The van der Waals surface area contributed by atoms with Crippen molar-refractivity contribution in [2.24, 2.45) is 0 Å². The van der Waals surface area contributed by atoms with E-state index in [-0.39, 0.29) is 18.4 Å². The molecule has 0 atom stereocenters. The van der Waals surface area contributed by atoms with Gasteiger partial charge in [0.05, 0.1) is 15.1 Å². The molecule has 1 aliphatic heterocycles. The zero-order chi connectivity index (χ0) is 23.5. The van der Waals surface area contributed by atoms with Crippen molar-refractivity contribution in [3.05, 3.63) is 70.6 Å². The molecule has 0 radical (unpaired) electrons. The van der Waals surface area contributed by atoms with Crippen LogP contribution < -0.4 is 15.5 Å². The van der Waals surface area contributed by atoms with Gasteiger partial charge in [0.15, 0.2) is 16.1 Å². The number of fused-ring (bicyclic) bond motifs is 1. The van der Waals surface area contributed by atoms with Gasteiger partial charge in [-0.15, -0.1) is 11.3 Å². The first-order chi connectivity index (χ1) is 16.6. The van der Waals surface area contributed by atoms with Crippen molar-refractivity contribution >= 4 is 89.3 Å². The summed E-state index contributed by atoms with van der Waals surface area (Å²) in [4.78, 5) is 34.1. The highest BCUT2D eigenvalue weighted by Crippen LogP contribution is 2.35. The number of rotatable bonds is 7. The zero-order valence-corrected chi connectivity index (χ0v) is 20.5. The highest BCUT2D eigenvalue weighted by molar-refractivity contribution is 8.26. The number of thioether (sulfide) groups is 1. The van der Waals surface area contributed by atoms with Gasteiger partial charge in [0.2, 0.25) is 5.13 Å². The van der Waals surface area contributed by atoms with Crippen molar-refractivity contribution in [2.45, 2.75) is 0 Å². The molecule has 0 bridgehead atoms. The molecule has 1 aliphatic rings. The van der Waals surface area contributed by atoms with Crippen molar-refractivity contribution in [1.29, 1.82) is 0 Å². The molecule has 34 heavy (non-hydrogen) atoms. The number of nitrogens with zero attached hydrogens (tertiary/aromatic N) is 3. The molecule has 0 unspecified atom stereocenters.